The molecule has 0 radical (unpaired) electrons. The van der Waals surface area contributed by atoms with Gasteiger partial charge in [-0.25, -0.2) is 9.78 Å². The molecule has 1 saturated heterocycles. The topological polar surface area (TPSA) is 48.4 Å². The molecule has 1 aliphatic heterocycles. The van der Waals surface area contributed by atoms with E-state index in [2.05, 4.69) is 4.98 Å². The van der Waals surface area contributed by atoms with Crippen molar-refractivity contribution in [2.75, 3.05) is 20.3 Å². The lowest BCUT2D eigenvalue weighted by Crippen LogP contribution is -2.03. The number of hydrogen-bond acceptors (Lipinski definition) is 5. The average molecular weight is 319 g/mol. The highest BCUT2D eigenvalue weighted by atomic mass is 32.1. The van der Waals surface area contributed by atoms with E-state index in [4.69, 9.17) is 9.47 Å². The highest BCUT2D eigenvalue weighted by molar-refractivity contribution is 7.18. The molecule has 0 amide bonds. The van der Waals surface area contributed by atoms with E-state index in [1.165, 1.54) is 13.5 Å². The number of thiazole rings is 1. The van der Waals surface area contributed by atoms with E-state index < -0.39 is 0 Å². The average Bonchev–Trinajstić information content (AvgIpc) is 2.78. The molecule has 22 heavy (non-hydrogen) atoms. The lowest BCUT2D eigenvalue weighted by molar-refractivity contribution is 0.0603. The molecule has 0 saturated carbocycles. The number of fused-ring (bicyclic) bond motifs is 1. The van der Waals surface area contributed by atoms with Gasteiger partial charge in [0, 0.05) is 13.2 Å². The van der Waals surface area contributed by atoms with E-state index in [1.807, 2.05) is 12.1 Å². The second-order valence-electron chi connectivity index (χ2n) is 5.70. The third-order valence-corrected chi connectivity index (χ3v) is 5.29. The number of carbonyl (C=O) groups is 1. The van der Waals surface area contributed by atoms with Gasteiger partial charge in [-0.1, -0.05) is 6.07 Å². The number of aryl methyl sites for hydroxylation is 1. The Morgan fingerprint density at radius 2 is 2.32 bits per heavy atom. The molecule has 2 heterocycles. The molecule has 0 aliphatic carbocycles. The fraction of sp³-hybridized carbons (Fsp3) is 0.529. The highest BCUT2D eigenvalue weighted by Gasteiger charge is 2.16. The van der Waals surface area contributed by atoms with Crippen LogP contribution in [0, 0.1) is 5.92 Å². The number of benzene rings is 1. The highest BCUT2D eigenvalue weighted by Crippen LogP contribution is 2.28. The molecule has 4 nitrogen and oxygen atoms in total. The molecule has 2 aromatic rings. The largest absolute Gasteiger partial charge is 0.465 e. The summed E-state index contributed by atoms with van der Waals surface area (Å²) in [6, 6.07) is 5.68. The Hall–Kier alpha value is -1.46. The summed E-state index contributed by atoms with van der Waals surface area (Å²) in [5, 5.41) is 1.11. The van der Waals surface area contributed by atoms with Crippen LogP contribution in [0.1, 0.15) is 41.0 Å². The number of rotatable bonds is 4. The molecule has 1 fully saturated rings. The van der Waals surface area contributed by atoms with Gasteiger partial charge in [-0.2, -0.15) is 0 Å². The molecular weight excluding hydrogens is 298 g/mol. The lowest BCUT2D eigenvalue weighted by Gasteiger charge is -2.11. The number of carbonyl (C=O) groups excluding carboxylic acids is 1. The molecule has 0 spiro atoms. The second-order valence-corrected chi connectivity index (χ2v) is 6.81. The van der Waals surface area contributed by atoms with Gasteiger partial charge in [0.1, 0.15) is 0 Å². The number of nitrogens with zero attached hydrogens (tertiary/aromatic N) is 1. The summed E-state index contributed by atoms with van der Waals surface area (Å²) in [6.07, 6.45) is 5.69. The van der Waals surface area contributed by atoms with Gasteiger partial charge < -0.3 is 9.47 Å². The van der Waals surface area contributed by atoms with Crippen LogP contribution < -0.4 is 0 Å². The van der Waals surface area contributed by atoms with Gasteiger partial charge in [-0.3, -0.25) is 0 Å². The van der Waals surface area contributed by atoms with Gasteiger partial charge in [0.15, 0.2) is 0 Å². The van der Waals surface area contributed by atoms with Crippen molar-refractivity contribution >= 4 is 27.5 Å². The number of para-hydroxylation sites is 1. The van der Waals surface area contributed by atoms with Gasteiger partial charge in [-0.15, -0.1) is 11.3 Å². The van der Waals surface area contributed by atoms with Crippen molar-refractivity contribution < 1.29 is 14.3 Å². The number of ether oxygens (including phenoxy) is 2. The molecule has 1 aromatic heterocycles. The van der Waals surface area contributed by atoms with E-state index in [0.29, 0.717) is 5.56 Å². The van der Waals surface area contributed by atoms with Crippen molar-refractivity contribution in [3.8, 4) is 0 Å². The first kappa shape index (κ1) is 15.4. The normalized spacial score (nSPS) is 19.0. The van der Waals surface area contributed by atoms with Crippen LogP contribution >= 0.6 is 11.3 Å². The predicted octanol–water partition coefficient (Wildman–Crippen LogP) is 3.83. The standard InChI is InChI=1S/C17H21NO3S/c1-20-17(19)13-5-2-6-14-16(13)18-15(22-14)8-7-12-4-3-10-21-11-9-12/h2,5-6,12H,3-4,7-11H2,1H3. The van der Waals surface area contributed by atoms with E-state index in [9.17, 15) is 4.79 Å². The zero-order valence-electron chi connectivity index (χ0n) is 12.8. The summed E-state index contributed by atoms with van der Waals surface area (Å²) in [4.78, 5) is 16.5. The van der Waals surface area contributed by atoms with E-state index in [1.54, 1.807) is 17.4 Å². The number of aromatic nitrogens is 1. The van der Waals surface area contributed by atoms with Crippen LogP contribution in [-0.2, 0) is 15.9 Å². The number of esters is 1. The molecule has 0 bridgehead atoms. The predicted molar refractivity (Wildman–Crippen MR) is 87.4 cm³/mol. The van der Waals surface area contributed by atoms with Gasteiger partial charge in [0.2, 0.25) is 0 Å². The Bertz CT molecular complexity index is 644. The van der Waals surface area contributed by atoms with E-state index >= 15 is 0 Å². The Morgan fingerprint density at radius 3 is 3.18 bits per heavy atom. The molecule has 118 valence electrons. The van der Waals surface area contributed by atoms with Crippen molar-refractivity contribution in [3.63, 3.8) is 0 Å². The first-order valence-corrected chi connectivity index (χ1v) is 8.64. The fourth-order valence-corrected chi connectivity index (χ4v) is 3.97. The van der Waals surface area contributed by atoms with Crippen molar-refractivity contribution in [2.24, 2.45) is 5.92 Å². The first-order chi connectivity index (χ1) is 10.8. The van der Waals surface area contributed by atoms with Crippen LogP contribution in [0.25, 0.3) is 10.2 Å². The molecule has 5 heteroatoms. The zero-order chi connectivity index (χ0) is 15.4. The molecule has 3 rings (SSSR count). The third-order valence-electron chi connectivity index (χ3n) is 4.21. The Morgan fingerprint density at radius 1 is 1.41 bits per heavy atom. The maximum atomic E-state index is 11.8. The minimum atomic E-state index is -0.316. The number of methoxy groups -OCH3 is 1. The summed E-state index contributed by atoms with van der Waals surface area (Å²) < 4.78 is 11.4. The monoisotopic (exact) mass is 319 g/mol. The Labute approximate surface area is 134 Å². The SMILES string of the molecule is COC(=O)c1cccc2sc(CCC3CCCOCC3)nc12. The fourth-order valence-electron chi connectivity index (χ4n) is 2.96. The van der Waals surface area contributed by atoms with Crippen molar-refractivity contribution in [3.05, 3.63) is 28.8 Å². The van der Waals surface area contributed by atoms with Crippen LogP contribution in [0.15, 0.2) is 18.2 Å². The molecule has 1 atom stereocenters. The summed E-state index contributed by atoms with van der Waals surface area (Å²) in [5.41, 5.74) is 1.34. The summed E-state index contributed by atoms with van der Waals surface area (Å²) >= 11 is 1.68. The van der Waals surface area contributed by atoms with Crippen molar-refractivity contribution in [1.82, 2.24) is 4.98 Å². The summed E-state index contributed by atoms with van der Waals surface area (Å²) in [5.74, 6) is 0.415. The van der Waals surface area contributed by atoms with Crippen molar-refractivity contribution in [2.45, 2.75) is 32.1 Å². The Kier molecular flexibility index (Phi) is 5.05. The second kappa shape index (κ2) is 7.20. The zero-order valence-corrected chi connectivity index (χ0v) is 13.7. The molecule has 1 unspecified atom stereocenters. The summed E-state index contributed by atoms with van der Waals surface area (Å²) in [7, 11) is 1.41. The van der Waals surface area contributed by atoms with Gasteiger partial charge >= 0.3 is 5.97 Å². The maximum absolute atomic E-state index is 11.8. The Balaban J connectivity index is 1.73. The molecule has 1 aromatic carbocycles. The quantitative estimate of drug-likeness (QED) is 0.804. The molecule has 0 N–H and O–H groups in total. The van der Waals surface area contributed by atoms with E-state index in [0.717, 1.165) is 60.0 Å². The van der Waals surface area contributed by atoms with Crippen LogP contribution in [0.4, 0.5) is 0 Å². The minimum absolute atomic E-state index is 0.316. The third kappa shape index (κ3) is 3.47. The first-order valence-electron chi connectivity index (χ1n) is 7.82. The molecular formula is C17H21NO3S. The van der Waals surface area contributed by atoms with Gasteiger partial charge in [0.05, 0.1) is 27.9 Å². The van der Waals surface area contributed by atoms with Gasteiger partial charge in [0.25, 0.3) is 0 Å². The van der Waals surface area contributed by atoms with Crippen LogP contribution in [0.2, 0.25) is 0 Å². The molecule has 1 aliphatic rings. The van der Waals surface area contributed by atoms with Crippen LogP contribution in [0.3, 0.4) is 0 Å². The van der Waals surface area contributed by atoms with Crippen molar-refractivity contribution in [1.29, 1.82) is 0 Å². The summed E-state index contributed by atoms with van der Waals surface area (Å²) in [6.45, 7) is 1.79. The van der Waals surface area contributed by atoms with E-state index in [-0.39, 0.29) is 5.97 Å². The van der Waals surface area contributed by atoms with Crippen LogP contribution in [0.5, 0.6) is 0 Å². The van der Waals surface area contributed by atoms with Gasteiger partial charge in [-0.05, 0) is 50.2 Å². The lowest BCUT2D eigenvalue weighted by atomic mass is 9.95. The maximum Gasteiger partial charge on any atom is 0.340 e. The van der Waals surface area contributed by atoms with Crippen LogP contribution in [-0.4, -0.2) is 31.3 Å². The minimum Gasteiger partial charge on any atom is -0.465 e. The smallest absolute Gasteiger partial charge is 0.340 e. The number of hydrogen-bond donors (Lipinski definition) is 0.